The lowest BCUT2D eigenvalue weighted by atomic mass is 9.72. The Kier molecular flexibility index (Phi) is 8.96. The molecule has 9 heteroatoms. The van der Waals surface area contributed by atoms with E-state index in [0.29, 0.717) is 36.3 Å². The Morgan fingerprint density at radius 2 is 1.40 bits per heavy atom. The summed E-state index contributed by atoms with van der Waals surface area (Å²) in [6, 6.07) is 8.34. The van der Waals surface area contributed by atoms with Gasteiger partial charge in [0.25, 0.3) is 0 Å². The zero-order valence-electron chi connectivity index (χ0n) is 25.2. The van der Waals surface area contributed by atoms with Crippen molar-refractivity contribution in [3.8, 4) is 23.0 Å². The molecule has 3 aliphatic heterocycles. The molecule has 0 bridgehead atoms. The topological polar surface area (TPSA) is 97.8 Å². The molecule has 4 atom stereocenters. The van der Waals surface area contributed by atoms with Crippen molar-refractivity contribution in [2.45, 2.75) is 51.1 Å². The van der Waals surface area contributed by atoms with Gasteiger partial charge >= 0.3 is 5.97 Å². The first-order valence-corrected chi connectivity index (χ1v) is 14.8. The van der Waals surface area contributed by atoms with E-state index in [1.165, 1.54) is 17.2 Å². The minimum Gasteiger partial charge on any atom is -0.493 e. The molecule has 3 aliphatic rings. The van der Waals surface area contributed by atoms with Gasteiger partial charge in [0.2, 0.25) is 5.91 Å². The molecule has 1 N–H and O–H groups in total. The van der Waals surface area contributed by atoms with Crippen molar-refractivity contribution in [2.75, 3.05) is 48.1 Å². The fraction of sp³-hybridized carbons (Fsp3) is 0.515. The zero-order chi connectivity index (χ0) is 30.0. The van der Waals surface area contributed by atoms with Crippen molar-refractivity contribution in [1.29, 1.82) is 0 Å². The Morgan fingerprint density at radius 1 is 0.833 bits per heavy atom. The van der Waals surface area contributed by atoms with Crippen LogP contribution < -0.4 is 18.9 Å². The molecule has 0 aliphatic carbocycles. The minimum atomic E-state index is -1.13. The van der Waals surface area contributed by atoms with Gasteiger partial charge in [-0.05, 0) is 84.0 Å². The Balaban J connectivity index is 1.52. The molecule has 3 heterocycles. The third-order valence-electron chi connectivity index (χ3n) is 9.48. The Morgan fingerprint density at radius 3 is 2.00 bits per heavy atom. The number of hydrogen-bond donors (Lipinski definition) is 1. The molecule has 9 nitrogen and oxygen atoms in total. The molecule has 42 heavy (non-hydrogen) atoms. The van der Waals surface area contributed by atoms with Gasteiger partial charge in [0.1, 0.15) is 0 Å². The Labute approximate surface area is 248 Å². The number of benzene rings is 2. The van der Waals surface area contributed by atoms with Crippen molar-refractivity contribution >= 4 is 11.9 Å². The van der Waals surface area contributed by atoms with Crippen molar-refractivity contribution in [1.82, 2.24) is 9.80 Å². The summed E-state index contributed by atoms with van der Waals surface area (Å²) in [5, 5.41) is 9.19. The highest BCUT2D eigenvalue weighted by molar-refractivity contribution is 5.94. The van der Waals surface area contributed by atoms with Crippen molar-refractivity contribution in [3.05, 3.63) is 58.7 Å². The largest absolute Gasteiger partial charge is 0.493 e. The van der Waals surface area contributed by atoms with Gasteiger partial charge in [0.05, 0.1) is 34.5 Å². The van der Waals surface area contributed by atoms with Crippen LogP contribution >= 0.6 is 0 Å². The van der Waals surface area contributed by atoms with Crippen LogP contribution in [0.5, 0.6) is 23.0 Å². The first-order chi connectivity index (χ1) is 20.3. The van der Waals surface area contributed by atoms with Crippen molar-refractivity contribution < 1.29 is 33.6 Å². The van der Waals surface area contributed by atoms with E-state index in [0.717, 1.165) is 67.5 Å². The number of nitrogens with zero attached hydrogens (tertiary/aromatic N) is 2. The smallest absolute Gasteiger partial charge is 0.328 e. The molecule has 0 saturated carbocycles. The highest BCUT2D eigenvalue weighted by Crippen LogP contribution is 2.49. The summed E-state index contributed by atoms with van der Waals surface area (Å²) < 4.78 is 22.5. The van der Waals surface area contributed by atoms with E-state index >= 15 is 0 Å². The third kappa shape index (κ3) is 5.67. The Bertz CT molecular complexity index is 1360. The van der Waals surface area contributed by atoms with Crippen LogP contribution in [0.4, 0.5) is 0 Å². The van der Waals surface area contributed by atoms with Gasteiger partial charge in [-0.1, -0.05) is 13.3 Å². The number of carboxylic acid groups (broad SMARTS) is 1. The maximum Gasteiger partial charge on any atom is 0.328 e. The zero-order valence-corrected chi connectivity index (χ0v) is 25.2. The lowest BCUT2D eigenvalue weighted by molar-refractivity contribution is -0.133. The van der Waals surface area contributed by atoms with Gasteiger partial charge in [0.15, 0.2) is 23.0 Å². The van der Waals surface area contributed by atoms with Crippen LogP contribution in [0.1, 0.15) is 60.5 Å². The summed E-state index contributed by atoms with van der Waals surface area (Å²) in [6.07, 6.45) is 6.53. The molecular formula is C33H42N2O7. The van der Waals surface area contributed by atoms with Crippen LogP contribution in [0.2, 0.25) is 0 Å². The molecule has 0 spiro atoms. The van der Waals surface area contributed by atoms with Crippen LogP contribution in [0.15, 0.2) is 36.4 Å². The van der Waals surface area contributed by atoms with Crippen LogP contribution in [0.25, 0.3) is 0 Å². The highest BCUT2D eigenvalue weighted by Gasteiger charge is 2.42. The maximum atomic E-state index is 13.4. The number of carbonyl (C=O) groups is 2. The molecular weight excluding hydrogens is 536 g/mol. The first kappa shape index (κ1) is 29.8. The Hall–Kier alpha value is -3.72. The van der Waals surface area contributed by atoms with Gasteiger partial charge in [-0.15, -0.1) is 0 Å². The molecule has 2 aromatic carbocycles. The summed E-state index contributed by atoms with van der Waals surface area (Å²) in [6.45, 7) is 4.77. The molecule has 0 radical (unpaired) electrons. The van der Waals surface area contributed by atoms with E-state index in [1.54, 1.807) is 28.4 Å². The molecule has 0 aromatic heterocycles. The number of carbonyl (C=O) groups excluding carboxylic acids is 1. The number of hydrogen-bond acceptors (Lipinski definition) is 7. The molecule has 1 amide bonds. The molecule has 5 rings (SSSR count). The number of aliphatic carboxylic acids is 1. The third-order valence-corrected chi connectivity index (χ3v) is 9.48. The number of amides is 1. The van der Waals surface area contributed by atoms with E-state index in [9.17, 15) is 14.7 Å². The van der Waals surface area contributed by atoms with Crippen LogP contribution in [-0.4, -0.2) is 74.9 Å². The van der Waals surface area contributed by atoms with E-state index in [1.807, 2.05) is 17.0 Å². The number of ether oxygens (including phenoxy) is 4. The first-order valence-electron chi connectivity index (χ1n) is 14.8. The van der Waals surface area contributed by atoms with E-state index in [4.69, 9.17) is 18.9 Å². The predicted octanol–water partition coefficient (Wildman–Crippen LogP) is 4.82. The van der Waals surface area contributed by atoms with Crippen LogP contribution in [-0.2, 0) is 22.4 Å². The molecule has 226 valence electrons. The summed E-state index contributed by atoms with van der Waals surface area (Å²) in [7, 11) is 6.60. The summed E-state index contributed by atoms with van der Waals surface area (Å²) in [5.41, 5.74) is 4.78. The molecule has 1 saturated heterocycles. The SMILES string of the molecule is CC[C@H]1CN2CCc3cc(OC)c(OC)cc3[C@@H]2C[C@@H]1C[C@@H]1c2cc(OC)c(OC)cc2CCN1C(=O)/C=C\C(=O)O. The summed E-state index contributed by atoms with van der Waals surface area (Å²) >= 11 is 0. The number of carboxylic acids is 1. The predicted molar refractivity (Wildman–Crippen MR) is 159 cm³/mol. The fourth-order valence-corrected chi connectivity index (χ4v) is 7.33. The summed E-state index contributed by atoms with van der Waals surface area (Å²) in [5.74, 6) is 2.20. The quantitative estimate of drug-likeness (QED) is 0.423. The van der Waals surface area contributed by atoms with E-state index in [-0.39, 0.29) is 18.0 Å². The van der Waals surface area contributed by atoms with E-state index in [2.05, 4.69) is 24.0 Å². The maximum absolute atomic E-state index is 13.4. The van der Waals surface area contributed by atoms with Crippen molar-refractivity contribution in [2.24, 2.45) is 11.8 Å². The van der Waals surface area contributed by atoms with E-state index < -0.39 is 5.97 Å². The second-order valence-electron chi connectivity index (χ2n) is 11.4. The molecule has 2 aromatic rings. The average Bonchev–Trinajstić information content (AvgIpc) is 3.01. The second-order valence-corrected chi connectivity index (χ2v) is 11.4. The minimum absolute atomic E-state index is 0.210. The van der Waals surface area contributed by atoms with Crippen molar-refractivity contribution in [3.63, 3.8) is 0 Å². The normalized spacial score (nSPS) is 23.5. The monoisotopic (exact) mass is 578 g/mol. The standard InChI is InChI=1S/C33H42N2O7/c1-6-20-19-34-11-9-21-15-28(39-2)30(41-4)17-24(21)26(34)13-23(20)14-27-25-18-31(42-5)29(40-3)16-22(25)10-12-35(27)32(36)7-8-33(37)38/h7-8,15-18,20,23,26-27H,6,9-14,19H2,1-5H3,(H,37,38)/b8-7-/t20-,23+,26-,27+/m0/s1. The van der Waals surface area contributed by atoms with Gasteiger partial charge in [-0.3, -0.25) is 9.69 Å². The van der Waals surface area contributed by atoms with Gasteiger partial charge in [-0.2, -0.15) is 0 Å². The number of methoxy groups -OCH3 is 4. The van der Waals surface area contributed by atoms with Gasteiger partial charge in [-0.25, -0.2) is 4.79 Å². The molecule has 0 unspecified atom stereocenters. The number of piperidine rings is 1. The highest BCUT2D eigenvalue weighted by atomic mass is 16.5. The summed E-state index contributed by atoms with van der Waals surface area (Å²) in [4.78, 5) is 29.1. The van der Waals surface area contributed by atoms with Crippen LogP contribution in [0, 0.1) is 11.8 Å². The van der Waals surface area contributed by atoms with Crippen LogP contribution in [0.3, 0.4) is 0 Å². The fourth-order valence-electron chi connectivity index (χ4n) is 7.33. The van der Waals surface area contributed by atoms with Gasteiger partial charge < -0.3 is 29.0 Å². The molecule has 1 fully saturated rings. The number of fused-ring (bicyclic) bond motifs is 4. The second kappa shape index (κ2) is 12.7. The average molecular weight is 579 g/mol. The van der Waals surface area contributed by atoms with Gasteiger partial charge in [0, 0.05) is 37.8 Å². The lowest BCUT2D eigenvalue weighted by Gasteiger charge is -2.49. The lowest BCUT2D eigenvalue weighted by Crippen LogP contribution is -2.47. The number of rotatable bonds is 9.